The van der Waals surface area contributed by atoms with Crippen LogP contribution in [0.25, 0.3) is 20.7 Å². The molecule has 5 nitrogen and oxygen atoms in total. The Morgan fingerprint density at radius 3 is 2.83 bits per heavy atom. The molecule has 0 aliphatic carbocycles. The van der Waals surface area contributed by atoms with Gasteiger partial charge in [-0.25, -0.2) is 9.37 Å². The lowest BCUT2D eigenvalue weighted by molar-refractivity contribution is -0.120. The molecule has 0 unspecified atom stereocenters. The number of carbonyl (C=O) groups is 1. The molecule has 154 valence electrons. The standard InChI is InChI=1S/C21H18FN3O2S3/c1-12(20(26)23-10-15-3-2-8-28-15)29-11-18-24-16-9-17(30-19(16)21(27)25-18)13-4-6-14(22)7-5-13/h2-9,12H,10-11H2,1H3,(H,23,26)(H,24,25,27)/t12-/m1/s1. The molecule has 0 spiro atoms. The zero-order valence-electron chi connectivity index (χ0n) is 16.0. The van der Waals surface area contributed by atoms with Gasteiger partial charge in [0.1, 0.15) is 16.3 Å². The molecule has 1 atom stereocenters. The fraction of sp³-hybridized carbons (Fsp3) is 0.190. The third-order valence-electron chi connectivity index (χ3n) is 4.42. The van der Waals surface area contributed by atoms with Crippen molar-refractivity contribution in [2.75, 3.05) is 0 Å². The fourth-order valence-electron chi connectivity index (χ4n) is 2.82. The minimum atomic E-state index is -0.302. The van der Waals surface area contributed by atoms with Crippen LogP contribution in [0.3, 0.4) is 0 Å². The molecule has 0 fully saturated rings. The Morgan fingerprint density at radius 1 is 1.30 bits per heavy atom. The molecule has 9 heteroatoms. The molecule has 0 aliphatic rings. The second kappa shape index (κ2) is 9.11. The van der Waals surface area contributed by atoms with Gasteiger partial charge in [0, 0.05) is 9.75 Å². The molecule has 30 heavy (non-hydrogen) atoms. The largest absolute Gasteiger partial charge is 0.350 e. The van der Waals surface area contributed by atoms with Crippen LogP contribution in [0.2, 0.25) is 0 Å². The molecule has 4 aromatic rings. The van der Waals surface area contributed by atoms with Crippen LogP contribution in [-0.4, -0.2) is 21.1 Å². The van der Waals surface area contributed by atoms with Crippen molar-refractivity contribution in [2.24, 2.45) is 0 Å². The molecule has 0 saturated carbocycles. The number of H-pyrrole nitrogens is 1. The number of fused-ring (bicyclic) bond motifs is 1. The van der Waals surface area contributed by atoms with Crippen LogP contribution in [0.4, 0.5) is 4.39 Å². The molecule has 3 aromatic heterocycles. The van der Waals surface area contributed by atoms with Gasteiger partial charge in [0.2, 0.25) is 5.91 Å². The highest BCUT2D eigenvalue weighted by atomic mass is 32.2. The molecule has 0 aliphatic heterocycles. The predicted octanol–water partition coefficient (Wildman–Crippen LogP) is 4.79. The van der Waals surface area contributed by atoms with E-state index in [0.29, 0.717) is 28.3 Å². The van der Waals surface area contributed by atoms with Crippen LogP contribution in [0, 0.1) is 5.82 Å². The monoisotopic (exact) mass is 459 g/mol. The van der Waals surface area contributed by atoms with E-state index in [4.69, 9.17) is 0 Å². The van der Waals surface area contributed by atoms with Crippen molar-refractivity contribution in [3.8, 4) is 10.4 Å². The van der Waals surface area contributed by atoms with Crippen LogP contribution in [0.15, 0.2) is 52.6 Å². The number of nitrogens with one attached hydrogen (secondary N) is 2. The van der Waals surface area contributed by atoms with Crippen molar-refractivity contribution in [2.45, 2.75) is 24.5 Å². The minimum Gasteiger partial charge on any atom is -0.350 e. The molecule has 3 heterocycles. The Morgan fingerprint density at radius 2 is 2.10 bits per heavy atom. The molecule has 4 rings (SSSR count). The Bertz CT molecular complexity index is 1220. The first-order valence-corrected chi connectivity index (χ1v) is 11.9. The van der Waals surface area contributed by atoms with Gasteiger partial charge < -0.3 is 10.3 Å². The lowest BCUT2D eigenvalue weighted by atomic mass is 10.2. The van der Waals surface area contributed by atoms with Crippen molar-refractivity contribution in [1.29, 1.82) is 0 Å². The molecule has 0 bridgehead atoms. The summed E-state index contributed by atoms with van der Waals surface area (Å²) in [6, 6.07) is 11.9. The van der Waals surface area contributed by atoms with Crippen molar-refractivity contribution in [1.82, 2.24) is 15.3 Å². The van der Waals surface area contributed by atoms with Crippen LogP contribution in [0.1, 0.15) is 17.6 Å². The van der Waals surface area contributed by atoms with Gasteiger partial charge in [0.05, 0.1) is 23.1 Å². The van der Waals surface area contributed by atoms with E-state index < -0.39 is 0 Å². The summed E-state index contributed by atoms with van der Waals surface area (Å²) in [7, 11) is 0. The summed E-state index contributed by atoms with van der Waals surface area (Å²) in [6.07, 6.45) is 0. The lowest BCUT2D eigenvalue weighted by Crippen LogP contribution is -2.30. The number of hydrogen-bond acceptors (Lipinski definition) is 6. The smallest absolute Gasteiger partial charge is 0.268 e. The molecule has 0 radical (unpaired) electrons. The number of aromatic amines is 1. The summed E-state index contributed by atoms with van der Waals surface area (Å²) in [6.45, 7) is 2.35. The quantitative estimate of drug-likeness (QED) is 0.417. The lowest BCUT2D eigenvalue weighted by Gasteiger charge is -2.11. The van der Waals surface area contributed by atoms with E-state index in [2.05, 4.69) is 15.3 Å². The van der Waals surface area contributed by atoms with Crippen LogP contribution >= 0.6 is 34.4 Å². The first-order valence-electron chi connectivity index (χ1n) is 9.20. The van der Waals surface area contributed by atoms with Gasteiger partial charge in [0.15, 0.2) is 0 Å². The number of carbonyl (C=O) groups excluding carboxylic acids is 1. The van der Waals surface area contributed by atoms with E-state index in [1.54, 1.807) is 23.5 Å². The predicted molar refractivity (Wildman–Crippen MR) is 123 cm³/mol. The van der Waals surface area contributed by atoms with E-state index in [0.717, 1.165) is 15.3 Å². The average Bonchev–Trinajstić information content (AvgIpc) is 3.41. The Kier molecular flexibility index (Phi) is 6.31. The van der Waals surface area contributed by atoms with E-state index in [-0.39, 0.29) is 22.5 Å². The number of halogens is 1. The number of thiophene rings is 2. The molecule has 1 amide bonds. The second-order valence-corrected chi connectivity index (χ2v) is 10.0. The summed E-state index contributed by atoms with van der Waals surface area (Å²) in [5.74, 6) is 0.592. The number of benzene rings is 1. The highest BCUT2D eigenvalue weighted by Gasteiger charge is 2.15. The topological polar surface area (TPSA) is 74.8 Å². The summed E-state index contributed by atoms with van der Waals surface area (Å²) in [5, 5.41) is 4.62. The Hall–Kier alpha value is -2.49. The number of nitrogens with zero attached hydrogens (tertiary/aromatic N) is 1. The summed E-state index contributed by atoms with van der Waals surface area (Å²) < 4.78 is 13.7. The molecular formula is C21H18FN3O2S3. The summed E-state index contributed by atoms with van der Waals surface area (Å²) in [4.78, 5) is 34.1. The fourth-order valence-corrected chi connectivity index (χ4v) is 5.24. The molecule has 2 N–H and O–H groups in total. The van der Waals surface area contributed by atoms with E-state index in [9.17, 15) is 14.0 Å². The van der Waals surface area contributed by atoms with Gasteiger partial charge in [-0.3, -0.25) is 9.59 Å². The van der Waals surface area contributed by atoms with E-state index in [1.165, 1.54) is 35.2 Å². The SMILES string of the molecule is C[C@@H](SCc1nc2cc(-c3ccc(F)cc3)sc2c(=O)[nH]1)C(=O)NCc1cccs1. The molecule has 0 saturated heterocycles. The van der Waals surface area contributed by atoms with Gasteiger partial charge in [-0.2, -0.15) is 0 Å². The number of thioether (sulfide) groups is 1. The van der Waals surface area contributed by atoms with Crippen molar-refractivity contribution < 1.29 is 9.18 Å². The zero-order chi connectivity index (χ0) is 21.1. The highest BCUT2D eigenvalue weighted by Crippen LogP contribution is 2.31. The zero-order valence-corrected chi connectivity index (χ0v) is 18.4. The highest BCUT2D eigenvalue weighted by molar-refractivity contribution is 7.99. The van der Waals surface area contributed by atoms with Gasteiger partial charge in [0.25, 0.3) is 5.56 Å². The van der Waals surface area contributed by atoms with E-state index >= 15 is 0 Å². The van der Waals surface area contributed by atoms with Gasteiger partial charge >= 0.3 is 0 Å². The van der Waals surface area contributed by atoms with Crippen molar-refractivity contribution >= 4 is 50.6 Å². The minimum absolute atomic E-state index is 0.0500. The third kappa shape index (κ3) is 4.80. The van der Waals surface area contributed by atoms with Crippen molar-refractivity contribution in [3.63, 3.8) is 0 Å². The van der Waals surface area contributed by atoms with Crippen LogP contribution in [-0.2, 0) is 17.1 Å². The maximum Gasteiger partial charge on any atom is 0.268 e. The first kappa shape index (κ1) is 20.8. The van der Waals surface area contributed by atoms with E-state index in [1.807, 2.05) is 30.5 Å². The number of hydrogen-bond donors (Lipinski definition) is 2. The van der Waals surface area contributed by atoms with Crippen LogP contribution < -0.4 is 10.9 Å². The first-order chi connectivity index (χ1) is 14.5. The van der Waals surface area contributed by atoms with Crippen molar-refractivity contribution in [3.05, 3.63) is 74.7 Å². The third-order valence-corrected chi connectivity index (χ3v) is 7.62. The number of aromatic nitrogens is 2. The maximum absolute atomic E-state index is 13.2. The average molecular weight is 460 g/mol. The second-order valence-electron chi connectivity index (χ2n) is 6.59. The maximum atomic E-state index is 13.2. The number of amides is 1. The number of rotatable bonds is 7. The molecule has 1 aromatic carbocycles. The molecular weight excluding hydrogens is 441 g/mol. The van der Waals surface area contributed by atoms with Crippen LogP contribution in [0.5, 0.6) is 0 Å². The summed E-state index contributed by atoms with van der Waals surface area (Å²) in [5.41, 5.74) is 1.24. The van der Waals surface area contributed by atoms with Gasteiger partial charge in [-0.15, -0.1) is 34.4 Å². The Balaban J connectivity index is 1.43. The summed E-state index contributed by atoms with van der Waals surface area (Å²) >= 11 is 4.35. The normalized spacial score (nSPS) is 12.2. The van der Waals surface area contributed by atoms with Gasteiger partial charge in [-0.1, -0.05) is 18.2 Å². The Labute approximate surface area is 184 Å². The van der Waals surface area contributed by atoms with Gasteiger partial charge in [-0.05, 0) is 42.1 Å².